The van der Waals surface area contributed by atoms with Gasteiger partial charge in [-0.1, -0.05) is 29.8 Å². The third-order valence-corrected chi connectivity index (χ3v) is 4.66. The van der Waals surface area contributed by atoms with Gasteiger partial charge in [0.2, 0.25) is 5.91 Å². The molecule has 5 nitrogen and oxygen atoms in total. The Kier molecular flexibility index (Phi) is 5.53. The number of benzene rings is 1. The van der Waals surface area contributed by atoms with E-state index in [0.29, 0.717) is 13.0 Å². The maximum atomic E-state index is 12.5. The zero-order valence-corrected chi connectivity index (χ0v) is 14.5. The number of nitrogens with zero attached hydrogens (tertiary/aromatic N) is 1. The van der Waals surface area contributed by atoms with Crippen LogP contribution in [0.4, 0.5) is 0 Å². The van der Waals surface area contributed by atoms with Crippen molar-refractivity contribution in [2.24, 2.45) is 0 Å². The molecule has 25 heavy (non-hydrogen) atoms. The Morgan fingerprint density at radius 2 is 2.04 bits per heavy atom. The number of rotatable bonds is 6. The third-order valence-electron chi connectivity index (χ3n) is 4.66. The Bertz CT molecular complexity index is 707. The molecule has 1 aromatic carbocycles. The lowest BCUT2D eigenvalue weighted by molar-refractivity contribution is -0.131. The van der Waals surface area contributed by atoms with Crippen LogP contribution in [0.5, 0.6) is 0 Å². The standard InChI is InChI=1S/C20H24N2O3/c1-15-6-8-16(9-7-15)14-17-4-2-12-22(17)19(23)10-11-21-20(24)18-5-3-13-25-18/h3,5-9,13,17H,2,4,10-12,14H2,1H3,(H,21,24). The largest absolute Gasteiger partial charge is 0.459 e. The molecule has 1 aliphatic heterocycles. The van der Waals surface area contributed by atoms with Crippen LogP contribution in [0.1, 0.15) is 40.9 Å². The topological polar surface area (TPSA) is 62.6 Å². The maximum Gasteiger partial charge on any atom is 0.286 e. The molecular formula is C20H24N2O3. The van der Waals surface area contributed by atoms with E-state index in [1.807, 2.05) is 4.90 Å². The molecule has 1 fully saturated rings. The van der Waals surface area contributed by atoms with Gasteiger partial charge in [-0.3, -0.25) is 9.59 Å². The minimum absolute atomic E-state index is 0.106. The van der Waals surface area contributed by atoms with Gasteiger partial charge in [0.25, 0.3) is 5.91 Å². The first-order valence-corrected chi connectivity index (χ1v) is 8.80. The summed E-state index contributed by atoms with van der Waals surface area (Å²) in [7, 11) is 0. The number of hydrogen-bond acceptors (Lipinski definition) is 3. The van der Waals surface area contributed by atoms with Gasteiger partial charge in [-0.15, -0.1) is 0 Å². The quantitative estimate of drug-likeness (QED) is 0.879. The van der Waals surface area contributed by atoms with E-state index in [0.717, 1.165) is 25.8 Å². The van der Waals surface area contributed by atoms with Crippen LogP contribution >= 0.6 is 0 Å². The Hall–Kier alpha value is -2.56. The third kappa shape index (κ3) is 4.50. The molecule has 1 N–H and O–H groups in total. The summed E-state index contributed by atoms with van der Waals surface area (Å²) >= 11 is 0. The van der Waals surface area contributed by atoms with Crippen LogP contribution in [-0.4, -0.2) is 35.8 Å². The van der Waals surface area contributed by atoms with Crippen molar-refractivity contribution < 1.29 is 14.0 Å². The predicted molar refractivity (Wildman–Crippen MR) is 95.3 cm³/mol. The number of amides is 2. The fraction of sp³-hybridized carbons (Fsp3) is 0.400. The van der Waals surface area contributed by atoms with Gasteiger partial charge in [0, 0.05) is 25.6 Å². The predicted octanol–water partition coefficient (Wildman–Crippen LogP) is 2.94. The fourth-order valence-electron chi connectivity index (χ4n) is 3.29. The number of hydrogen-bond donors (Lipinski definition) is 1. The van der Waals surface area contributed by atoms with Crippen molar-refractivity contribution in [3.63, 3.8) is 0 Å². The van der Waals surface area contributed by atoms with Crippen molar-refractivity contribution in [1.29, 1.82) is 0 Å². The first-order chi connectivity index (χ1) is 12.1. The summed E-state index contributed by atoms with van der Waals surface area (Å²) in [4.78, 5) is 26.3. The van der Waals surface area contributed by atoms with Crippen LogP contribution < -0.4 is 5.32 Å². The van der Waals surface area contributed by atoms with E-state index >= 15 is 0 Å². The molecule has 0 aliphatic carbocycles. The van der Waals surface area contributed by atoms with E-state index in [9.17, 15) is 9.59 Å². The molecular weight excluding hydrogens is 316 g/mol. The minimum Gasteiger partial charge on any atom is -0.459 e. The van der Waals surface area contributed by atoms with Crippen LogP contribution in [0.2, 0.25) is 0 Å². The molecule has 5 heteroatoms. The summed E-state index contributed by atoms with van der Waals surface area (Å²) in [5.41, 5.74) is 2.51. The second-order valence-electron chi connectivity index (χ2n) is 6.56. The minimum atomic E-state index is -0.282. The molecule has 2 amide bonds. The molecule has 1 saturated heterocycles. The maximum absolute atomic E-state index is 12.5. The number of carbonyl (C=O) groups excluding carboxylic acids is 2. The van der Waals surface area contributed by atoms with Crippen LogP contribution in [0, 0.1) is 6.92 Å². The smallest absolute Gasteiger partial charge is 0.286 e. The van der Waals surface area contributed by atoms with E-state index < -0.39 is 0 Å². The number of nitrogens with one attached hydrogen (secondary N) is 1. The van der Waals surface area contributed by atoms with Crippen molar-refractivity contribution >= 4 is 11.8 Å². The highest BCUT2D eigenvalue weighted by atomic mass is 16.3. The molecule has 2 heterocycles. The normalized spacial score (nSPS) is 16.8. The van der Waals surface area contributed by atoms with Crippen molar-refractivity contribution in [1.82, 2.24) is 10.2 Å². The lowest BCUT2D eigenvalue weighted by atomic mass is 10.0. The molecule has 0 saturated carbocycles. The first-order valence-electron chi connectivity index (χ1n) is 8.80. The van der Waals surface area contributed by atoms with Crippen molar-refractivity contribution in [3.8, 4) is 0 Å². The SMILES string of the molecule is Cc1ccc(CC2CCCN2C(=O)CCNC(=O)c2ccco2)cc1. The summed E-state index contributed by atoms with van der Waals surface area (Å²) in [5.74, 6) is 0.0932. The lowest BCUT2D eigenvalue weighted by Crippen LogP contribution is -2.38. The van der Waals surface area contributed by atoms with Gasteiger partial charge in [-0.25, -0.2) is 0 Å². The molecule has 0 spiro atoms. The number of aryl methyl sites for hydroxylation is 1. The van der Waals surface area contributed by atoms with E-state index in [4.69, 9.17) is 4.42 Å². The van der Waals surface area contributed by atoms with E-state index in [1.54, 1.807) is 12.1 Å². The summed E-state index contributed by atoms with van der Waals surface area (Å²) in [6.45, 7) is 3.21. The molecule has 0 bridgehead atoms. The Morgan fingerprint density at radius 1 is 1.24 bits per heavy atom. The van der Waals surface area contributed by atoms with Gasteiger partial charge < -0.3 is 14.6 Å². The van der Waals surface area contributed by atoms with Gasteiger partial charge in [-0.05, 0) is 43.9 Å². The van der Waals surface area contributed by atoms with Gasteiger partial charge in [0.15, 0.2) is 5.76 Å². The van der Waals surface area contributed by atoms with Gasteiger partial charge in [0.1, 0.15) is 0 Å². The molecule has 1 unspecified atom stereocenters. The van der Waals surface area contributed by atoms with Crippen molar-refractivity contribution in [2.45, 2.75) is 38.6 Å². The molecule has 0 radical (unpaired) electrons. The van der Waals surface area contributed by atoms with Crippen molar-refractivity contribution in [3.05, 3.63) is 59.5 Å². The Labute approximate surface area is 148 Å². The van der Waals surface area contributed by atoms with Gasteiger partial charge in [-0.2, -0.15) is 0 Å². The van der Waals surface area contributed by atoms with E-state index in [2.05, 4.69) is 36.5 Å². The van der Waals surface area contributed by atoms with Gasteiger partial charge in [0.05, 0.1) is 6.26 Å². The second kappa shape index (κ2) is 8.01. The highest BCUT2D eigenvalue weighted by Crippen LogP contribution is 2.22. The summed E-state index contributed by atoms with van der Waals surface area (Å²) in [5, 5.41) is 2.73. The van der Waals surface area contributed by atoms with E-state index in [-0.39, 0.29) is 23.6 Å². The zero-order chi connectivity index (χ0) is 17.6. The lowest BCUT2D eigenvalue weighted by Gasteiger charge is -2.25. The molecule has 1 aliphatic rings. The second-order valence-corrected chi connectivity index (χ2v) is 6.56. The fourth-order valence-corrected chi connectivity index (χ4v) is 3.29. The number of carbonyl (C=O) groups is 2. The average Bonchev–Trinajstić information content (AvgIpc) is 3.28. The summed E-state index contributed by atoms with van der Waals surface area (Å²) < 4.78 is 5.04. The molecule has 1 aromatic heterocycles. The highest BCUT2D eigenvalue weighted by Gasteiger charge is 2.28. The molecule has 2 aromatic rings. The van der Waals surface area contributed by atoms with E-state index in [1.165, 1.54) is 17.4 Å². The number of likely N-dealkylation sites (tertiary alicyclic amines) is 1. The molecule has 1 atom stereocenters. The number of furan rings is 1. The Morgan fingerprint density at radius 3 is 2.76 bits per heavy atom. The highest BCUT2D eigenvalue weighted by molar-refractivity contribution is 5.91. The van der Waals surface area contributed by atoms with Gasteiger partial charge >= 0.3 is 0 Å². The first kappa shape index (κ1) is 17.3. The van der Waals surface area contributed by atoms with Crippen LogP contribution in [-0.2, 0) is 11.2 Å². The van der Waals surface area contributed by atoms with Crippen LogP contribution in [0.25, 0.3) is 0 Å². The average molecular weight is 340 g/mol. The van der Waals surface area contributed by atoms with Crippen molar-refractivity contribution in [2.75, 3.05) is 13.1 Å². The van der Waals surface area contributed by atoms with Crippen LogP contribution in [0.15, 0.2) is 47.1 Å². The summed E-state index contributed by atoms with van der Waals surface area (Å²) in [6, 6.07) is 12.0. The molecule has 3 rings (SSSR count). The summed E-state index contributed by atoms with van der Waals surface area (Å²) in [6.07, 6.45) is 4.75. The monoisotopic (exact) mass is 340 g/mol. The zero-order valence-electron chi connectivity index (χ0n) is 14.5. The molecule has 132 valence electrons. The van der Waals surface area contributed by atoms with Crippen LogP contribution in [0.3, 0.4) is 0 Å². The Balaban J connectivity index is 1.48.